The minimum Gasteiger partial charge on any atom is -0.343 e. The molecule has 31 heavy (non-hydrogen) atoms. The van der Waals surface area contributed by atoms with Crippen LogP contribution >= 0.6 is 11.6 Å². The lowest BCUT2D eigenvalue weighted by Gasteiger charge is -2.25. The van der Waals surface area contributed by atoms with Crippen molar-refractivity contribution in [3.05, 3.63) is 74.3 Å². The van der Waals surface area contributed by atoms with Crippen LogP contribution in [0.2, 0.25) is 5.02 Å². The molecule has 0 aromatic heterocycles. The van der Waals surface area contributed by atoms with Crippen LogP contribution in [0.5, 0.6) is 0 Å². The van der Waals surface area contributed by atoms with Crippen LogP contribution in [-0.4, -0.2) is 60.3 Å². The van der Waals surface area contributed by atoms with Crippen molar-refractivity contribution in [3.8, 4) is 6.07 Å². The monoisotopic (exact) mass is 443 g/mol. The Morgan fingerprint density at radius 1 is 1.19 bits per heavy atom. The zero-order valence-corrected chi connectivity index (χ0v) is 17.9. The first kappa shape index (κ1) is 23.8. The van der Waals surface area contributed by atoms with Gasteiger partial charge in [0, 0.05) is 25.7 Å². The summed E-state index contributed by atoms with van der Waals surface area (Å²) in [4.78, 5) is 39.3. The smallest absolute Gasteiger partial charge is 0.283 e. The molecular weight excluding hydrogens is 422 g/mol. The van der Waals surface area contributed by atoms with Gasteiger partial charge in [0.25, 0.3) is 11.6 Å². The second-order valence-electron chi connectivity index (χ2n) is 7.00. The number of likely N-dealkylation sites (N-methyl/N-ethyl adjacent to an activating group) is 1. The van der Waals surface area contributed by atoms with Crippen LogP contribution in [0.25, 0.3) is 0 Å². The molecule has 0 radical (unpaired) electrons. The molecule has 0 heterocycles. The van der Waals surface area contributed by atoms with Crippen LogP contribution in [0, 0.1) is 21.4 Å². The predicted octanol–water partition coefficient (Wildman–Crippen LogP) is 2.44. The lowest BCUT2D eigenvalue weighted by molar-refractivity contribution is -0.385. The van der Waals surface area contributed by atoms with E-state index in [1.165, 1.54) is 18.2 Å². The number of nitrogens with zero attached hydrogens (tertiary/aromatic N) is 4. The maximum absolute atomic E-state index is 12.8. The second-order valence-corrected chi connectivity index (χ2v) is 7.41. The first-order chi connectivity index (χ1) is 14.7. The summed E-state index contributed by atoms with van der Waals surface area (Å²) in [6.07, 6.45) is 0. The zero-order chi connectivity index (χ0) is 23.0. The van der Waals surface area contributed by atoms with Gasteiger partial charge in [-0.15, -0.1) is 0 Å². The van der Waals surface area contributed by atoms with E-state index in [0.29, 0.717) is 18.7 Å². The lowest BCUT2D eigenvalue weighted by atomic mass is 10.1. The Bertz CT molecular complexity index is 1020. The molecule has 0 aliphatic rings. The molecule has 2 amide bonds. The Morgan fingerprint density at radius 3 is 2.55 bits per heavy atom. The Labute approximate surface area is 185 Å². The van der Waals surface area contributed by atoms with E-state index >= 15 is 0 Å². The minimum atomic E-state index is -0.801. The van der Waals surface area contributed by atoms with E-state index in [4.69, 9.17) is 16.9 Å². The SMILES string of the molecule is CN(C)CCN(Cc1cccc(C#N)c1)C(=O)CNC(=O)c1c(Cl)cccc1[N+](=O)[O-]. The third kappa shape index (κ3) is 6.77. The van der Waals surface area contributed by atoms with Crippen molar-refractivity contribution in [1.29, 1.82) is 5.26 Å². The molecule has 0 spiro atoms. The van der Waals surface area contributed by atoms with E-state index in [2.05, 4.69) is 11.4 Å². The number of amides is 2. The summed E-state index contributed by atoms with van der Waals surface area (Å²) in [6.45, 7) is 0.884. The van der Waals surface area contributed by atoms with E-state index in [1.54, 1.807) is 23.1 Å². The number of hydrogen-bond donors (Lipinski definition) is 1. The average molecular weight is 444 g/mol. The summed E-state index contributed by atoms with van der Waals surface area (Å²) in [5, 5.41) is 22.6. The number of halogens is 1. The maximum atomic E-state index is 12.8. The number of hydrogen-bond acceptors (Lipinski definition) is 6. The number of nitro groups is 1. The van der Waals surface area contributed by atoms with E-state index in [-0.39, 0.29) is 29.6 Å². The summed E-state index contributed by atoms with van der Waals surface area (Å²) in [7, 11) is 3.74. The summed E-state index contributed by atoms with van der Waals surface area (Å²) in [5.74, 6) is -1.17. The largest absolute Gasteiger partial charge is 0.343 e. The maximum Gasteiger partial charge on any atom is 0.283 e. The van der Waals surface area contributed by atoms with Gasteiger partial charge in [0.15, 0.2) is 0 Å². The number of rotatable bonds is 9. The number of nitrogens with one attached hydrogen (secondary N) is 1. The first-order valence-electron chi connectivity index (χ1n) is 9.35. The van der Waals surface area contributed by atoms with Crippen LogP contribution in [0.15, 0.2) is 42.5 Å². The van der Waals surface area contributed by atoms with E-state index in [1.807, 2.05) is 25.1 Å². The summed E-state index contributed by atoms with van der Waals surface area (Å²) >= 11 is 5.97. The molecule has 2 aromatic rings. The van der Waals surface area contributed by atoms with Crippen molar-refractivity contribution in [3.63, 3.8) is 0 Å². The molecule has 0 saturated carbocycles. The molecule has 0 aliphatic carbocycles. The van der Waals surface area contributed by atoms with Crippen molar-refractivity contribution in [2.45, 2.75) is 6.54 Å². The van der Waals surface area contributed by atoms with Gasteiger partial charge in [0.05, 0.1) is 28.1 Å². The van der Waals surface area contributed by atoms with E-state index in [0.717, 1.165) is 5.56 Å². The van der Waals surface area contributed by atoms with Crippen LogP contribution in [-0.2, 0) is 11.3 Å². The van der Waals surface area contributed by atoms with Gasteiger partial charge in [0.2, 0.25) is 5.91 Å². The van der Waals surface area contributed by atoms with E-state index in [9.17, 15) is 19.7 Å². The fourth-order valence-corrected chi connectivity index (χ4v) is 3.07. The van der Waals surface area contributed by atoms with Crippen molar-refractivity contribution in [1.82, 2.24) is 15.1 Å². The number of benzene rings is 2. The van der Waals surface area contributed by atoms with Gasteiger partial charge in [-0.05, 0) is 37.9 Å². The number of nitro benzene ring substituents is 1. The Hall–Kier alpha value is -3.48. The predicted molar refractivity (Wildman–Crippen MR) is 116 cm³/mol. The quantitative estimate of drug-likeness (QED) is 0.469. The molecule has 1 N–H and O–H groups in total. The molecule has 0 unspecified atom stereocenters. The normalized spacial score (nSPS) is 10.4. The number of carbonyl (C=O) groups excluding carboxylic acids is 2. The highest BCUT2D eigenvalue weighted by atomic mass is 35.5. The van der Waals surface area contributed by atoms with E-state index < -0.39 is 16.5 Å². The zero-order valence-electron chi connectivity index (χ0n) is 17.2. The third-order valence-electron chi connectivity index (χ3n) is 4.41. The molecule has 0 aliphatic heterocycles. The fraction of sp³-hybridized carbons (Fsp3) is 0.286. The summed E-state index contributed by atoms with van der Waals surface area (Å²) < 4.78 is 0. The van der Waals surface area contributed by atoms with Crippen LogP contribution in [0.4, 0.5) is 5.69 Å². The van der Waals surface area contributed by atoms with Crippen LogP contribution in [0.3, 0.4) is 0 Å². The van der Waals surface area contributed by atoms with Gasteiger partial charge < -0.3 is 15.1 Å². The highest BCUT2D eigenvalue weighted by Crippen LogP contribution is 2.25. The van der Waals surface area contributed by atoms with Gasteiger partial charge in [-0.25, -0.2) is 0 Å². The number of carbonyl (C=O) groups is 2. The topological polar surface area (TPSA) is 120 Å². The average Bonchev–Trinajstić information content (AvgIpc) is 2.74. The lowest BCUT2D eigenvalue weighted by Crippen LogP contribution is -2.42. The first-order valence-corrected chi connectivity index (χ1v) is 9.73. The second kappa shape index (κ2) is 11.1. The number of nitriles is 1. The molecule has 0 bridgehead atoms. The Kier molecular flexibility index (Phi) is 8.49. The van der Waals surface area contributed by atoms with Gasteiger partial charge >= 0.3 is 0 Å². The van der Waals surface area contributed by atoms with Gasteiger partial charge in [-0.2, -0.15) is 5.26 Å². The van der Waals surface area contributed by atoms with Crippen molar-refractivity contribution < 1.29 is 14.5 Å². The van der Waals surface area contributed by atoms with Crippen molar-refractivity contribution >= 4 is 29.1 Å². The summed E-state index contributed by atoms with van der Waals surface area (Å²) in [6, 6.07) is 12.9. The Balaban J connectivity index is 2.14. The van der Waals surface area contributed by atoms with Crippen LogP contribution in [0.1, 0.15) is 21.5 Å². The molecule has 9 nitrogen and oxygen atoms in total. The molecule has 2 rings (SSSR count). The minimum absolute atomic E-state index is 0.0723. The van der Waals surface area contributed by atoms with Gasteiger partial charge in [0.1, 0.15) is 5.56 Å². The highest BCUT2D eigenvalue weighted by Gasteiger charge is 2.24. The van der Waals surface area contributed by atoms with Crippen LogP contribution < -0.4 is 5.32 Å². The highest BCUT2D eigenvalue weighted by molar-refractivity contribution is 6.34. The molecular formula is C21H22ClN5O4. The third-order valence-corrected chi connectivity index (χ3v) is 4.73. The summed E-state index contributed by atoms with van der Waals surface area (Å²) in [5.41, 5.74) is 0.537. The Morgan fingerprint density at radius 2 is 1.90 bits per heavy atom. The molecule has 2 aromatic carbocycles. The molecule has 0 atom stereocenters. The van der Waals surface area contributed by atoms with Crippen molar-refractivity contribution in [2.75, 3.05) is 33.7 Å². The fourth-order valence-electron chi connectivity index (χ4n) is 2.82. The van der Waals surface area contributed by atoms with Crippen molar-refractivity contribution in [2.24, 2.45) is 0 Å². The molecule has 10 heteroatoms. The standard InChI is InChI=1S/C21H22ClN5O4/c1-25(2)9-10-26(14-16-6-3-5-15(11-16)12-23)19(28)13-24-21(29)20-17(22)7-4-8-18(20)27(30)31/h3-8,11H,9-10,13-14H2,1-2H3,(H,24,29). The molecule has 162 valence electrons. The van der Waals surface area contributed by atoms with Gasteiger partial charge in [-0.3, -0.25) is 19.7 Å². The molecule has 0 fully saturated rings. The van der Waals surface area contributed by atoms with Gasteiger partial charge in [-0.1, -0.05) is 29.8 Å². The molecule has 0 saturated heterocycles.